The fourth-order valence-electron chi connectivity index (χ4n) is 2.81. The first-order valence-corrected chi connectivity index (χ1v) is 14.9. The van der Waals surface area contributed by atoms with Crippen molar-refractivity contribution in [2.24, 2.45) is 5.73 Å². The Kier molecular flexibility index (Phi) is 9.95. The minimum Gasteiger partial charge on any atom is -0.495 e. The summed E-state index contributed by atoms with van der Waals surface area (Å²) in [5.41, 5.74) is 5.18. The summed E-state index contributed by atoms with van der Waals surface area (Å²) in [6.07, 6.45) is 0.0730. The van der Waals surface area contributed by atoms with E-state index in [1.165, 1.54) is 43.2 Å². The fraction of sp³-hybridized carbons (Fsp3) is 0.429. The average molecular weight is 546 g/mol. The minimum atomic E-state index is -1.38. The Labute approximate surface area is 215 Å². The summed E-state index contributed by atoms with van der Waals surface area (Å²) in [5, 5.41) is 0.184. The number of hydrogen-bond acceptors (Lipinski definition) is 8. The first-order valence-electron chi connectivity index (χ1n) is 10.4. The molecule has 0 spiro atoms. The van der Waals surface area contributed by atoms with E-state index in [4.69, 9.17) is 47.9 Å². The lowest BCUT2D eigenvalue weighted by atomic mass is 10.2. The van der Waals surface area contributed by atoms with Crippen LogP contribution in [0.5, 0.6) is 17.4 Å². The molecule has 2 aromatic rings. The zero-order valence-electron chi connectivity index (χ0n) is 20.4. The molecule has 1 heterocycles. The predicted molar refractivity (Wildman–Crippen MR) is 137 cm³/mol. The molecule has 3 amide bonds. The van der Waals surface area contributed by atoms with E-state index in [1.807, 2.05) is 0 Å². The second kappa shape index (κ2) is 12.2. The zero-order valence-corrected chi connectivity index (χ0v) is 22.9. The molecule has 1 aromatic carbocycles. The summed E-state index contributed by atoms with van der Waals surface area (Å²) < 4.78 is 21.3. The number of anilines is 2. The van der Waals surface area contributed by atoms with Gasteiger partial charge in [-0.1, -0.05) is 42.8 Å². The summed E-state index contributed by atoms with van der Waals surface area (Å²) in [6, 6.07) is 3.08. The van der Waals surface area contributed by atoms with Crippen LogP contribution in [0.4, 0.5) is 21.1 Å². The molecule has 0 aliphatic rings. The van der Waals surface area contributed by atoms with E-state index in [0.29, 0.717) is 6.61 Å². The van der Waals surface area contributed by atoms with Crippen LogP contribution in [0.3, 0.4) is 0 Å². The molecule has 0 aliphatic heterocycles. The monoisotopic (exact) mass is 545 g/mol. The van der Waals surface area contributed by atoms with Crippen LogP contribution in [-0.2, 0) is 4.74 Å². The van der Waals surface area contributed by atoms with E-state index < -0.39 is 20.2 Å². The van der Waals surface area contributed by atoms with Crippen molar-refractivity contribution in [2.75, 3.05) is 44.4 Å². The number of amides is 3. The van der Waals surface area contributed by atoms with Gasteiger partial charge in [0.05, 0.1) is 19.9 Å². The van der Waals surface area contributed by atoms with Crippen molar-refractivity contribution >= 4 is 54.9 Å². The van der Waals surface area contributed by atoms with Gasteiger partial charge in [-0.15, -0.1) is 0 Å². The van der Waals surface area contributed by atoms with Gasteiger partial charge < -0.3 is 24.7 Å². The second-order valence-electron chi connectivity index (χ2n) is 8.51. The Morgan fingerprint density at radius 3 is 2.17 bits per heavy atom. The molecule has 0 unspecified atom stereocenters. The van der Waals surface area contributed by atoms with Gasteiger partial charge in [0.25, 0.3) is 0 Å². The van der Waals surface area contributed by atoms with Gasteiger partial charge in [-0.05, 0) is 6.04 Å². The number of carbonyl (C=O) groups excluding carboxylic acids is 2. The van der Waals surface area contributed by atoms with Gasteiger partial charge in [0, 0.05) is 33.9 Å². The van der Waals surface area contributed by atoms with Gasteiger partial charge in [-0.2, -0.15) is 0 Å². The number of urea groups is 1. The van der Waals surface area contributed by atoms with Crippen molar-refractivity contribution in [3.63, 3.8) is 0 Å². The molecule has 0 saturated heterocycles. The van der Waals surface area contributed by atoms with Crippen LogP contribution in [0.15, 0.2) is 18.5 Å². The molecular weight excluding hydrogens is 517 g/mol. The van der Waals surface area contributed by atoms with Gasteiger partial charge in [0.15, 0.2) is 0 Å². The van der Waals surface area contributed by atoms with Crippen LogP contribution >= 0.6 is 23.2 Å². The van der Waals surface area contributed by atoms with Crippen LogP contribution in [0.2, 0.25) is 35.7 Å². The number of ether oxygens (including phenoxy) is 4. The normalized spacial score (nSPS) is 11.1. The third kappa shape index (κ3) is 7.59. The van der Waals surface area contributed by atoms with E-state index in [-0.39, 0.29) is 45.7 Å². The molecular formula is C21H29Cl2N5O6Si. The van der Waals surface area contributed by atoms with Crippen LogP contribution in [0.25, 0.3) is 0 Å². The lowest BCUT2D eigenvalue weighted by molar-refractivity contribution is 0.148. The van der Waals surface area contributed by atoms with Crippen molar-refractivity contribution in [3.05, 3.63) is 28.5 Å². The summed E-state index contributed by atoms with van der Waals surface area (Å²) in [7, 11) is 2.95. The highest BCUT2D eigenvalue weighted by atomic mass is 35.5. The smallest absolute Gasteiger partial charge is 0.411 e. The molecule has 35 heavy (non-hydrogen) atoms. The summed E-state index contributed by atoms with van der Waals surface area (Å²) >= 11 is 13.2. The molecule has 1 aromatic heterocycles. The van der Waals surface area contributed by atoms with Crippen molar-refractivity contribution in [1.82, 2.24) is 9.97 Å². The summed E-state index contributed by atoms with van der Waals surface area (Å²) in [6.45, 7) is 6.92. The van der Waals surface area contributed by atoms with Crippen molar-refractivity contribution in [2.45, 2.75) is 25.7 Å². The number of rotatable bonds is 10. The first kappa shape index (κ1) is 28.4. The summed E-state index contributed by atoms with van der Waals surface area (Å²) in [4.78, 5) is 35.0. The summed E-state index contributed by atoms with van der Waals surface area (Å²) in [5.74, 6) is 0.504. The first-order chi connectivity index (χ1) is 16.4. The van der Waals surface area contributed by atoms with E-state index in [2.05, 4.69) is 29.6 Å². The highest BCUT2D eigenvalue weighted by Gasteiger charge is 2.30. The SMILES string of the molecule is COc1cc(OC)c(Cl)c(N(COCC[Si](C)(C)C)C(=O)N(C)c2cc(OC(N)=O)ncn2)c1Cl. The molecule has 0 aliphatic carbocycles. The number of nitrogens with zero attached hydrogens (tertiary/aromatic N) is 4. The van der Waals surface area contributed by atoms with Crippen molar-refractivity contribution in [1.29, 1.82) is 0 Å². The quantitative estimate of drug-likeness (QED) is 0.259. The number of aromatic nitrogens is 2. The molecule has 0 atom stereocenters. The third-order valence-corrected chi connectivity index (χ3v) is 7.17. The van der Waals surface area contributed by atoms with E-state index in [9.17, 15) is 9.59 Å². The molecule has 2 rings (SSSR count). The minimum absolute atomic E-state index is 0.0919. The fourth-order valence-corrected chi connectivity index (χ4v) is 4.27. The highest BCUT2D eigenvalue weighted by molar-refractivity contribution is 6.76. The lowest BCUT2D eigenvalue weighted by Gasteiger charge is -2.30. The standard InChI is InChI=1S/C21H29Cl2N5O6Si/c1-27(15-10-16(26-11-25-15)34-20(24)29)21(30)28(12-33-7-8-35(4,5)6)19-17(22)13(31-2)9-14(32-3)18(19)23/h9-11H,7-8,12H2,1-6H3,(H2,24,29). The van der Waals surface area contributed by atoms with Crippen molar-refractivity contribution < 1.29 is 28.5 Å². The van der Waals surface area contributed by atoms with Crippen LogP contribution in [0, 0.1) is 0 Å². The maximum Gasteiger partial charge on any atom is 0.411 e. The van der Waals surface area contributed by atoms with E-state index >= 15 is 0 Å². The zero-order chi connectivity index (χ0) is 26.3. The molecule has 192 valence electrons. The Balaban J connectivity index is 2.49. The number of halogens is 2. The van der Waals surface area contributed by atoms with Crippen LogP contribution in [0.1, 0.15) is 0 Å². The number of methoxy groups -OCH3 is 2. The number of hydrogen-bond donors (Lipinski definition) is 1. The van der Waals surface area contributed by atoms with Crippen molar-refractivity contribution in [3.8, 4) is 17.4 Å². The maximum atomic E-state index is 13.7. The largest absolute Gasteiger partial charge is 0.495 e. The molecule has 0 saturated carbocycles. The molecule has 11 nitrogen and oxygen atoms in total. The Morgan fingerprint density at radius 2 is 1.66 bits per heavy atom. The van der Waals surface area contributed by atoms with E-state index in [1.54, 1.807) is 0 Å². The average Bonchev–Trinajstić information content (AvgIpc) is 2.79. The van der Waals surface area contributed by atoms with Gasteiger partial charge in [0.1, 0.15) is 40.4 Å². The maximum absolute atomic E-state index is 13.7. The highest BCUT2D eigenvalue weighted by Crippen LogP contribution is 2.46. The van der Waals surface area contributed by atoms with Gasteiger partial charge >= 0.3 is 12.1 Å². The van der Waals surface area contributed by atoms with Gasteiger partial charge in [-0.25, -0.2) is 19.6 Å². The van der Waals surface area contributed by atoms with Gasteiger partial charge in [-0.3, -0.25) is 9.80 Å². The van der Waals surface area contributed by atoms with Crippen LogP contribution in [-0.4, -0.2) is 64.8 Å². The molecule has 2 N–H and O–H groups in total. The topological polar surface area (TPSA) is 129 Å². The Hall–Kier alpha value is -2.80. The molecule has 0 bridgehead atoms. The van der Waals surface area contributed by atoms with Gasteiger partial charge in [0.2, 0.25) is 5.88 Å². The third-order valence-electron chi connectivity index (χ3n) is 4.73. The molecule has 14 heteroatoms. The molecule has 0 radical (unpaired) electrons. The molecule has 0 fully saturated rings. The number of benzene rings is 1. The lowest BCUT2D eigenvalue weighted by Crippen LogP contribution is -2.43. The Morgan fingerprint density at radius 1 is 1.06 bits per heavy atom. The van der Waals surface area contributed by atoms with E-state index in [0.717, 1.165) is 12.4 Å². The van der Waals surface area contributed by atoms with Crippen LogP contribution < -0.4 is 29.7 Å². The number of carbonyl (C=O) groups is 2. The number of nitrogens with two attached hydrogens (primary N) is 1. The second-order valence-corrected chi connectivity index (χ2v) is 14.9. The predicted octanol–water partition coefficient (Wildman–Crippen LogP) is 4.63. The Bertz CT molecular complexity index is 1040. The number of primary amides is 1.